The second-order valence-corrected chi connectivity index (χ2v) is 18.5. The Morgan fingerprint density at radius 2 is 1.88 bits per heavy atom. The number of carbonyl (C=O) groups excluding carboxylic acids is 2. The summed E-state index contributed by atoms with van der Waals surface area (Å²) < 4.78 is 28.2. The van der Waals surface area contributed by atoms with Crippen molar-refractivity contribution in [2.75, 3.05) is 11.9 Å². The van der Waals surface area contributed by atoms with Crippen LogP contribution in [0.5, 0.6) is 0 Å². The predicted molar refractivity (Wildman–Crippen MR) is 166 cm³/mol. The minimum absolute atomic E-state index is 0.0574. The van der Waals surface area contributed by atoms with E-state index < -0.39 is 31.9 Å². The molecule has 1 saturated carbocycles. The molecule has 2 amide bonds. The zero-order chi connectivity index (χ0) is 31.3. The number of anilines is 1. The molecule has 0 radical (unpaired) electrons. The van der Waals surface area contributed by atoms with Gasteiger partial charge in [0.15, 0.2) is 0 Å². The third-order valence-corrected chi connectivity index (χ3v) is 9.95. The molecule has 12 heteroatoms. The molecule has 1 fully saturated rings. The van der Waals surface area contributed by atoms with Gasteiger partial charge in [-0.1, -0.05) is 51.5 Å². The van der Waals surface area contributed by atoms with E-state index in [1.54, 1.807) is 23.7 Å². The number of nitrogens with one attached hydrogen (secondary N) is 2. The number of hydrogen-bond donors (Lipinski definition) is 2. The molecular weight excluding hydrogens is 567 g/mol. The molecule has 3 heterocycles. The third kappa shape index (κ3) is 8.17. The second-order valence-electron chi connectivity index (χ2n) is 12.9. The van der Waals surface area contributed by atoms with Gasteiger partial charge in [0.1, 0.15) is 30.4 Å². The summed E-state index contributed by atoms with van der Waals surface area (Å²) in [6, 6.07) is 3.45. The summed E-state index contributed by atoms with van der Waals surface area (Å²) in [5, 5.41) is 14.0. The first-order valence-electron chi connectivity index (χ1n) is 15.2. The van der Waals surface area contributed by atoms with Gasteiger partial charge in [0.25, 0.3) is 5.91 Å². The van der Waals surface area contributed by atoms with E-state index in [2.05, 4.69) is 52.4 Å². The first-order chi connectivity index (χ1) is 20.4. The minimum Gasteiger partial charge on any atom is -0.364 e. The summed E-state index contributed by atoms with van der Waals surface area (Å²) in [5.74, 6) is -0.989. The largest absolute Gasteiger partial charge is 0.364 e. The molecule has 4 rings (SSSR count). The smallest absolute Gasteiger partial charge is 0.257 e. The number of pyridine rings is 1. The van der Waals surface area contributed by atoms with Crippen LogP contribution in [0.4, 0.5) is 10.2 Å². The second kappa shape index (κ2) is 13.9. The van der Waals surface area contributed by atoms with E-state index in [9.17, 15) is 9.59 Å². The predicted octanol–water partition coefficient (Wildman–Crippen LogP) is 6.13. The molecular formula is C31H45FN6O4Si. The van der Waals surface area contributed by atoms with Gasteiger partial charge in [0.05, 0.1) is 11.4 Å². The molecule has 2 N–H and O–H groups in total. The fourth-order valence-corrected chi connectivity index (χ4v) is 6.37. The van der Waals surface area contributed by atoms with E-state index in [1.807, 2.05) is 13.8 Å². The summed E-state index contributed by atoms with van der Waals surface area (Å²) in [6.07, 6.45) is 5.44. The van der Waals surface area contributed by atoms with E-state index in [0.29, 0.717) is 48.2 Å². The molecule has 1 aliphatic carbocycles. The van der Waals surface area contributed by atoms with Crippen LogP contribution >= 0.6 is 0 Å². The normalized spacial score (nSPS) is 18.0. The molecule has 10 nitrogen and oxygen atoms in total. The molecule has 234 valence electrons. The lowest BCUT2D eigenvalue weighted by atomic mass is 9.79. The number of nitrogens with zero attached hydrogens (tertiary/aromatic N) is 4. The van der Waals surface area contributed by atoms with Crippen molar-refractivity contribution < 1.29 is 23.2 Å². The first-order valence-corrected chi connectivity index (χ1v) is 18.9. The maximum Gasteiger partial charge on any atom is 0.257 e. The van der Waals surface area contributed by atoms with Crippen molar-refractivity contribution in [1.82, 2.24) is 25.2 Å². The van der Waals surface area contributed by atoms with Crippen LogP contribution in [0.15, 0.2) is 22.9 Å². The Bertz CT molecular complexity index is 1420. The molecule has 0 saturated heterocycles. The summed E-state index contributed by atoms with van der Waals surface area (Å²) in [5.41, 5.74) is 3.26. The standard InChI is InChI=1S/C31H45FN6O4Si/c1-8-25-27(21(4)36-38(25)18-41-15-16-43(5,6)7)23-13-14-26(33-29(23)32)34-31(40)28(22-11-9-19(2)10-12-22)35-30(39)24-17-42-37-20(24)3/h13-14,17,19,22,28H,8-12,15-16,18H2,1-7H3,(H,35,39)(H,33,34,40)/t19-,22-,28-/m0/s1. The average Bonchev–Trinajstić information content (AvgIpc) is 3.51. The first kappa shape index (κ1) is 32.5. The number of aryl methyl sites for hydroxylation is 2. The number of hydrogen-bond acceptors (Lipinski definition) is 7. The summed E-state index contributed by atoms with van der Waals surface area (Å²) in [4.78, 5) is 30.6. The Balaban J connectivity index is 1.51. The van der Waals surface area contributed by atoms with Gasteiger partial charge in [-0.3, -0.25) is 9.59 Å². The van der Waals surface area contributed by atoms with Crippen LogP contribution in [0, 0.1) is 31.6 Å². The van der Waals surface area contributed by atoms with Crippen molar-refractivity contribution in [1.29, 1.82) is 0 Å². The molecule has 0 aromatic carbocycles. The van der Waals surface area contributed by atoms with E-state index in [0.717, 1.165) is 37.4 Å². The summed E-state index contributed by atoms with van der Waals surface area (Å²) in [7, 11) is -1.21. The lowest BCUT2D eigenvalue weighted by Crippen LogP contribution is -2.49. The Kier molecular flexibility index (Phi) is 10.5. The van der Waals surface area contributed by atoms with Gasteiger partial charge in [-0.2, -0.15) is 9.49 Å². The molecule has 0 spiro atoms. The fourth-order valence-electron chi connectivity index (χ4n) is 5.62. The average molecular weight is 613 g/mol. The number of ether oxygens (including phenoxy) is 1. The van der Waals surface area contributed by atoms with E-state index in [1.165, 1.54) is 6.26 Å². The minimum atomic E-state index is -1.21. The Labute approximate surface area is 254 Å². The van der Waals surface area contributed by atoms with Crippen molar-refractivity contribution >= 4 is 25.7 Å². The van der Waals surface area contributed by atoms with Crippen molar-refractivity contribution in [3.05, 3.63) is 47.0 Å². The van der Waals surface area contributed by atoms with Gasteiger partial charge < -0.3 is 19.9 Å². The maximum atomic E-state index is 15.6. The molecule has 0 bridgehead atoms. The number of rotatable bonds is 12. The number of carbonyl (C=O) groups is 2. The van der Waals surface area contributed by atoms with E-state index in [4.69, 9.17) is 9.26 Å². The van der Waals surface area contributed by atoms with Crippen molar-refractivity contribution in [2.45, 2.75) is 98.3 Å². The van der Waals surface area contributed by atoms with Crippen LogP contribution < -0.4 is 10.6 Å². The molecule has 3 aromatic heterocycles. The molecule has 1 atom stereocenters. The monoisotopic (exact) mass is 612 g/mol. The maximum absolute atomic E-state index is 15.6. The van der Waals surface area contributed by atoms with Crippen molar-refractivity contribution in [2.24, 2.45) is 11.8 Å². The zero-order valence-electron chi connectivity index (χ0n) is 26.4. The van der Waals surface area contributed by atoms with Gasteiger partial charge >= 0.3 is 0 Å². The lowest BCUT2D eigenvalue weighted by Gasteiger charge is -2.32. The van der Waals surface area contributed by atoms with Gasteiger partial charge in [0.2, 0.25) is 11.9 Å². The highest BCUT2D eigenvalue weighted by Gasteiger charge is 2.34. The van der Waals surface area contributed by atoms with E-state index >= 15 is 4.39 Å². The Morgan fingerprint density at radius 1 is 1.16 bits per heavy atom. The summed E-state index contributed by atoms with van der Waals surface area (Å²) in [6.45, 7) is 15.6. The third-order valence-electron chi connectivity index (χ3n) is 8.24. The van der Waals surface area contributed by atoms with Gasteiger partial charge in [-0.25, -0.2) is 9.67 Å². The SMILES string of the molecule is CCc1c(-c2ccc(NC(=O)[C@@H](NC(=O)c3conc3C)[C@H]3CC[C@H](C)CC3)nc2F)c(C)nn1COCC[Si](C)(C)C. The molecule has 0 aliphatic heterocycles. The van der Waals surface area contributed by atoms with Gasteiger partial charge in [-0.05, 0) is 63.1 Å². The van der Waals surface area contributed by atoms with Crippen LogP contribution in [-0.2, 0) is 22.7 Å². The highest BCUT2D eigenvalue weighted by atomic mass is 28.3. The molecule has 3 aromatic rings. The van der Waals surface area contributed by atoms with Crippen molar-refractivity contribution in [3.63, 3.8) is 0 Å². The van der Waals surface area contributed by atoms with Gasteiger partial charge in [-0.15, -0.1) is 0 Å². The molecule has 1 aliphatic rings. The molecule has 43 heavy (non-hydrogen) atoms. The van der Waals surface area contributed by atoms with Crippen LogP contribution in [0.3, 0.4) is 0 Å². The van der Waals surface area contributed by atoms with E-state index in [-0.39, 0.29) is 17.3 Å². The highest BCUT2D eigenvalue weighted by molar-refractivity contribution is 6.76. The fraction of sp³-hybridized carbons (Fsp3) is 0.581. The quantitative estimate of drug-likeness (QED) is 0.143. The number of amides is 2. The van der Waals surface area contributed by atoms with Crippen LogP contribution in [0.2, 0.25) is 25.7 Å². The number of aromatic nitrogens is 4. The van der Waals surface area contributed by atoms with Crippen LogP contribution in [-0.4, -0.2) is 52.5 Å². The highest BCUT2D eigenvalue weighted by Crippen LogP contribution is 2.33. The van der Waals surface area contributed by atoms with Gasteiger partial charge in [0, 0.05) is 31.5 Å². The molecule has 0 unspecified atom stereocenters. The Morgan fingerprint density at radius 3 is 2.49 bits per heavy atom. The van der Waals surface area contributed by atoms with Crippen LogP contribution in [0.1, 0.15) is 67.0 Å². The Hall–Kier alpha value is -3.38. The number of halogens is 1. The zero-order valence-corrected chi connectivity index (χ0v) is 27.4. The lowest BCUT2D eigenvalue weighted by molar-refractivity contribution is -0.119. The topological polar surface area (TPSA) is 124 Å². The van der Waals surface area contributed by atoms with Crippen LogP contribution in [0.25, 0.3) is 11.1 Å². The summed E-state index contributed by atoms with van der Waals surface area (Å²) >= 11 is 0. The van der Waals surface area contributed by atoms with Crippen molar-refractivity contribution in [3.8, 4) is 11.1 Å².